The molecule has 0 fully saturated rings. The molecule has 0 aliphatic heterocycles. The monoisotopic (exact) mass is 338 g/mol. The number of esters is 1. The molecule has 0 amide bonds. The summed E-state index contributed by atoms with van der Waals surface area (Å²) in [6.45, 7) is 2.51. The number of halogens is 3. The predicted octanol–water partition coefficient (Wildman–Crippen LogP) is 3.08. The lowest BCUT2D eigenvalue weighted by Gasteiger charge is -2.22. The van der Waals surface area contributed by atoms with Crippen molar-refractivity contribution in [3.05, 3.63) is 35.9 Å². The topological polar surface area (TPSA) is 60.4 Å². The van der Waals surface area contributed by atoms with Gasteiger partial charge in [0.05, 0.1) is 0 Å². The van der Waals surface area contributed by atoms with Gasteiger partial charge < -0.3 is 4.74 Å². The van der Waals surface area contributed by atoms with Crippen LogP contribution >= 0.6 is 0 Å². The lowest BCUT2D eigenvalue weighted by molar-refractivity contribution is -0.146. The van der Waals surface area contributed by atoms with Crippen molar-refractivity contribution < 1.29 is 31.1 Å². The van der Waals surface area contributed by atoms with E-state index in [-0.39, 0.29) is 13.0 Å². The Bertz CT molecular complexity index is 596. The minimum Gasteiger partial charge on any atom is -0.460 e. The molecular formula is C14H17F3O4S. The molecule has 0 radical (unpaired) electrons. The van der Waals surface area contributed by atoms with Crippen LogP contribution in [0, 0.1) is 5.92 Å². The zero-order valence-electron chi connectivity index (χ0n) is 12.1. The van der Waals surface area contributed by atoms with Crippen LogP contribution in [0.4, 0.5) is 13.2 Å². The first-order chi connectivity index (χ1) is 10.1. The summed E-state index contributed by atoms with van der Waals surface area (Å²) in [7, 11) is -5.63. The van der Waals surface area contributed by atoms with Crippen LogP contribution in [-0.2, 0) is 26.0 Å². The van der Waals surface area contributed by atoms with E-state index in [0.717, 1.165) is 0 Å². The summed E-state index contributed by atoms with van der Waals surface area (Å²) < 4.78 is 66.1. The van der Waals surface area contributed by atoms with Crippen LogP contribution in [0.25, 0.3) is 0 Å². The number of hydrogen-bond donors (Lipinski definition) is 0. The molecular weight excluding hydrogens is 321 g/mol. The third kappa shape index (κ3) is 4.22. The zero-order valence-corrected chi connectivity index (χ0v) is 12.9. The van der Waals surface area contributed by atoms with Gasteiger partial charge in [-0.25, -0.2) is 8.42 Å². The summed E-state index contributed by atoms with van der Waals surface area (Å²) in [6, 6.07) is 8.29. The summed E-state index contributed by atoms with van der Waals surface area (Å²) in [5.41, 5.74) is -4.93. The normalized spacial score (nSPS) is 15.1. The summed E-state index contributed by atoms with van der Waals surface area (Å²) in [5.74, 6) is -2.38. The molecule has 0 bridgehead atoms. The fourth-order valence-corrected chi connectivity index (χ4v) is 3.25. The number of rotatable bonds is 6. The predicted molar refractivity (Wildman–Crippen MR) is 74.5 cm³/mol. The van der Waals surface area contributed by atoms with Crippen molar-refractivity contribution in [2.75, 3.05) is 0 Å². The number of carbonyl (C=O) groups excluding carboxylic acids is 1. The smallest absolute Gasteiger partial charge is 0.460 e. The van der Waals surface area contributed by atoms with Crippen LogP contribution < -0.4 is 0 Å². The molecule has 0 N–H and O–H groups in total. The fraction of sp³-hybridized carbons (Fsp3) is 0.500. The van der Waals surface area contributed by atoms with Gasteiger partial charge in [-0.3, -0.25) is 4.79 Å². The van der Waals surface area contributed by atoms with Crippen molar-refractivity contribution in [1.29, 1.82) is 0 Å². The minimum absolute atomic E-state index is 0.0976. The van der Waals surface area contributed by atoms with Crippen molar-refractivity contribution in [1.82, 2.24) is 0 Å². The average molecular weight is 338 g/mol. The van der Waals surface area contributed by atoms with E-state index < -0.39 is 32.5 Å². The van der Waals surface area contributed by atoms with Gasteiger partial charge in [-0.1, -0.05) is 50.6 Å². The lowest BCUT2D eigenvalue weighted by Crippen LogP contribution is -2.44. The molecule has 0 aromatic heterocycles. The van der Waals surface area contributed by atoms with Crippen molar-refractivity contribution in [2.24, 2.45) is 5.92 Å². The molecule has 1 rings (SSSR count). The number of benzene rings is 1. The SMILES string of the molecule is CC[C@@H](C)[C@@H](C(=O)OCc1ccccc1)S(=O)(=O)C(F)(F)F. The van der Waals surface area contributed by atoms with E-state index in [1.165, 1.54) is 13.8 Å². The zero-order chi connectivity index (χ0) is 17.0. The fourth-order valence-electron chi connectivity index (χ4n) is 1.83. The van der Waals surface area contributed by atoms with Crippen molar-refractivity contribution >= 4 is 15.8 Å². The molecule has 0 saturated heterocycles. The highest BCUT2D eigenvalue weighted by atomic mass is 32.2. The van der Waals surface area contributed by atoms with Crippen molar-refractivity contribution in [2.45, 2.75) is 37.6 Å². The first-order valence-electron chi connectivity index (χ1n) is 6.62. The molecule has 124 valence electrons. The molecule has 0 aliphatic carbocycles. The number of carbonyl (C=O) groups is 1. The summed E-state index contributed by atoms with van der Waals surface area (Å²) in [4.78, 5) is 11.9. The molecule has 0 saturated carbocycles. The Labute approximate surface area is 127 Å². The molecule has 1 aromatic rings. The molecule has 0 spiro atoms. The first kappa shape index (κ1) is 18.5. The molecule has 0 aliphatic rings. The maximum Gasteiger partial charge on any atom is 0.498 e. The van der Waals surface area contributed by atoms with Gasteiger partial charge >= 0.3 is 11.5 Å². The number of alkyl halides is 3. The number of sulfone groups is 1. The van der Waals surface area contributed by atoms with Gasteiger partial charge in [0, 0.05) is 0 Å². The Balaban J connectivity index is 2.96. The Kier molecular flexibility index (Phi) is 5.99. The van der Waals surface area contributed by atoms with Crippen LogP contribution in [0.5, 0.6) is 0 Å². The van der Waals surface area contributed by atoms with E-state index in [1.807, 2.05) is 0 Å². The van der Waals surface area contributed by atoms with Gasteiger partial charge in [0.25, 0.3) is 9.84 Å². The Hall–Kier alpha value is -1.57. The molecule has 4 nitrogen and oxygen atoms in total. The number of ether oxygens (including phenoxy) is 1. The van der Waals surface area contributed by atoms with Crippen LogP contribution in [-0.4, -0.2) is 25.1 Å². The van der Waals surface area contributed by atoms with E-state index in [2.05, 4.69) is 0 Å². The number of hydrogen-bond acceptors (Lipinski definition) is 4. The third-order valence-electron chi connectivity index (χ3n) is 3.27. The maximum absolute atomic E-state index is 12.7. The first-order valence-corrected chi connectivity index (χ1v) is 8.16. The van der Waals surface area contributed by atoms with Gasteiger partial charge in [-0.05, 0) is 11.5 Å². The highest BCUT2D eigenvalue weighted by molar-refractivity contribution is 7.93. The van der Waals surface area contributed by atoms with Crippen molar-refractivity contribution in [3.63, 3.8) is 0 Å². The second kappa shape index (κ2) is 7.13. The van der Waals surface area contributed by atoms with Crippen LogP contribution in [0.3, 0.4) is 0 Å². The molecule has 0 heterocycles. The van der Waals surface area contributed by atoms with Gasteiger partial charge in [0.15, 0.2) is 5.25 Å². The van der Waals surface area contributed by atoms with Gasteiger partial charge in [0.2, 0.25) is 0 Å². The Morgan fingerprint density at radius 3 is 2.23 bits per heavy atom. The Morgan fingerprint density at radius 1 is 1.23 bits per heavy atom. The summed E-state index contributed by atoms with van der Waals surface area (Å²) >= 11 is 0. The van der Waals surface area contributed by atoms with Gasteiger partial charge in [-0.15, -0.1) is 0 Å². The highest BCUT2D eigenvalue weighted by Crippen LogP contribution is 2.32. The highest BCUT2D eigenvalue weighted by Gasteiger charge is 2.55. The average Bonchev–Trinajstić information content (AvgIpc) is 2.44. The van der Waals surface area contributed by atoms with E-state index >= 15 is 0 Å². The molecule has 0 unspecified atom stereocenters. The molecule has 8 heteroatoms. The standard InChI is InChI=1S/C14H17F3O4S/c1-3-10(2)12(22(19,20)14(15,16)17)13(18)21-9-11-7-5-4-6-8-11/h4-8,10,12H,3,9H2,1-2H3/t10-,12+/m1/s1. The van der Waals surface area contributed by atoms with Crippen LogP contribution in [0.15, 0.2) is 30.3 Å². The largest absolute Gasteiger partial charge is 0.498 e. The van der Waals surface area contributed by atoms with E-state index in [4.69, 9.17) is 4.74 Å². The van der Waals surface area contributed by atoms with Crippen LogP contribution in [0.1, 0.15) is 25.8 Å². The Morgan fingerprint density at radius 2 is 1.77 bits per heavy atom. The lowest BCUT2D eigenvalue weighted by atomic mass is 10.1. The third-order valence-corrected chi connectivity index (χ3v) is 5.24. The molecule has 1 aromatic carbocycles. The second-order valence-electron chi connectivity index (χ2n) is 4.89. The van der Waals surface area contributed by atoms with E-state index in [9.17, 15) is 26.4 Å². The quantitative estimate of drug-likeness (QED) is 0.748. The van der Waals surface area contributed by atoms with E-state index in [0.29, 0.717) is 5.56 Å². The van der Waals surface area contributed by atoms with Crippen LogP contribution in [0.2, 0.25) is 0 Å². The molecule has 2 atom stereocenters. The maximum atomic E-state index is 12.7. The molecule has 22 heavy (non-hydrogen) atoms. The summed E-state index contributed by atoms with van der Waals surface area (Å²) in [5, 5.41) is -2.25. The van der Waals surface area contributed by atoms with Gasteiger partial charge in [-0.2, -0.15) is 13.2 Å². The van der Waals surface area contributed by atoms with E-state index in [1.54, 1.807) is 30.3 Å². The summed E-state index contributed by atoms with van der Waals surface area (Å²) in [6.07, 6.45) is 0.0976. The van der Waals surface area contributed by atoms with Gasteiger partial charge in [0.1, 0.15) is 6.61 Å². The minimum atomic E-state index is -5.63. The second-order valence-corrected chi connectivity index (χ2v) is 6.95. The van der Waals surface area contributed by atoms with Crippen molar-refractivity contribution in [3.8, 4) is 0 Å².